The Morgan fingerprint density at radius 2 is 2.22 bits per heavy atom. The van der Waals surface area contributed by atoms with Crippen molar-refractivity contribution in [3.63, 3.8) is 0 Å². The fraction of sp³-hybridized carbons (Fsp3) is 0.643. The van der Waals surface area contributed by atoms with Gasteiger partial charge in [0.25, 0.3) is 0 Å². The summed E-state index contributed by atoms with van der Waals surface area (Å²) in [6.07, 6.45) is 1.50. The van der Waals surface area contributed by atoms with Gasteiger partial charge >= 0.3 is 0 Å². The summed E-state index contributed by atoms with van der Waals surface area (Å²) in [5, 5.41) is 14.6. The normalized spacial score (nSPS) is 13.3. The van der Waals surface area contributed by atoms with Crippen molar-refractivity contribution in [3.8, 4) is 0 Å². The molecule has 102 valence electrons. The van der Waals surface area contributed by atoms with Crippen molar-refractivity contribution in [1.29, 1.82) is 0 Å². The van der Waals surface area contributed by atoms with Crippen molar-refractivity contribution in [2.45, 2.75) is 46.1 Å². The average molecular weight is 269 g/mol. The first-order valence-corrected chi connectivity index (χ1v) is 7.22. The van der Waals surface area contributed by atoms with Crippen LogP contribution < -0.4 is 5.32 Å². The molecule has 18 heavy (non-hydrogen) atoms. The largest absolute Gasteiger partial charge is 0.391 e. The van der Waals surface area contributed by atoms with Gasteiger partial charge in [0.2, 0.25) is 5.91 Å². The number of rotatable bonds is 6. The lowest BCUT2D eigenvalue weighted by Gasteiger charge is -2.22. The van der Waals surface area contributed by atoms with E-state index in [9.17, 15) is 9.90 Å². The first-order valence-electron chi connectivity index (χ1n) is 6.34. The first kappa shape index (κ1) is 15.2. The second-order valence-corrected chi connectivity index (χ2v) is 6.83. The quantitative estimate of drug-likeness (QED) is 0.834. The summed E-state index contributed by atoms with van der Waals surface area (Å²) in [6, 6.07) is 4.03. The molecule has 0 aliphatic carbocycles. The Hall–Kier alpha value is -0.870. The molecule has 2 N–H and O–H groups in total. The minimum atomic E-state index is -0.462. The number of thiophene rings is 1. The highest BCUT2D eigenvalue weighted by atomic mass is 32.1. The van der Waals surface area contributed by atoms with Gasteiger partial charge in [0.15, 0.2) is 0 Å². The van der Waals surface area contributed by atoms with Crippen molar-refractivity contribution in [2.75, 3.05) is 6.54 Å². The van der Waals surface area contributed by atoms with Crippen LogP contribution in [0.1, 0.15) is 38.5 Å². The number of carbonyl (C=O) groups is 1. The smallest absolute Gasteiger partial charge is 0.220 e. The second-order valence-electron chi connectivity index (χ2n) is 5.80. The SMILES string of the molecule is CC(C)(C)CC(O)CNC(=O)CCc1cccs1. The van der Waals surface area contributed by atoms with Crippen LogP contribution in [-0.4, -0.2) is 23.7 Å². The molecule has 0 saturated carbocycles. The molecule has 1 amide bonds. The van der Waals surface area contributed by atoms with Crippen LogP contribution in [0.2, 0.25) is 0 Å². The Morgan fingerprint density at radius 1 is 1.50 bits per heavy atom. The van der Waals surface area contributed by atoms with E-state index in [4.69, 9.17) is 0 Å². The van der Waals surface area contributed by atoms with E-state index in [1.54, 1.807) is 11.3 Å². The van der Waals surface area contributed by atoms with Gasteiger partial charge in [-0.2, -0.15) is 0 Å². The number of aryl methyl sites for hydroxylation is 1. The van der Waals surface area contributed by atoms with Gasteiger partial charge in [-0.05, 0) is 29.7 Å². The molecular formula is C14H23NO2S. The molecule has 1 aromatic rings. The number of aliphatic hydroxyl groups excluding tert-OH is 1. The zero-order valence-electron chi connectivity index (χ0n) is 11.4. The molecule has 1 atom stereocenters. The maximum atomic E-state index is 11.6. The molecule has 0 bridgehead atoms. The third-order valence-electron chi connectivity index (χ3n) is 2.56. The van der Waals surface area contributed by atoms with Crippen LogP contribution in [0, 0.1) is 5.41 Å². The van der Waals surface area contributed by atoms with Crippen molar-refractivity contribution in [3.05, 3.63) is 22.4 Å². The maximum Gasteiger partial charge on any atom is 0.220 e. The summed E-state index contributed by atoms with van der Waals surface area (Å²) in [6.45, 7) is 6.58. The van der Waals surface area contributed by atoms with Crippen molar-refractivity contribution >= 4 is 17.2 Å². The van der Waals surface area contributed by atoms with Crippen LogP contribution in [0.5, 0.6) is 0 Å². The summed E-state index contributed by atoms with van der Waals surface area (Å²) in [5.74, 6) is 0.0105. The van der Waals surface area contributed by atoms with Crippen LogP contribution in [0.15, 0.2) is 17.5 Å². The Balaban J connectivity index is 2.17. The monoisotopic (exact) mass is 269 g/mol. The minimum absolute atomic E-state index is 0.0105. The van der Waals surface area contributed by atoms with Gasteiger partial charge in [0.05, 0.1) is 6.10 Å². The molecule has 1 unspecified atom stereocenters. The topological polar surface area (TPSA) is 49.3 Å². The molecule has 0 radical (unpaired) electrons. The maximum absolute atomic E-state index is 11.6. The fourth-order valence-electron chi connectivity index (χ4n) is 1.79. The average Bonchev–Trinajstić information content (AvgIpc) is 2.74. The van der Waals surface area contributed by atoms with Gasteiger partial charge in [-0.25, -0.2) is 0 Å². The van der Waals surface area contributed by atoms with E-state index >= 15 is 0 Å². The van der Waals surface area contributed by atoms with E-state index in [1.165, 1.54) is 4.88 Å². The van der Waals surface area contributed by atoms with E-state index in [-0.39, 0.29) is 11.3 Å². The van der Waals surface area contributed by atoms with Gasteiger partial charge in [-0.1, -0.05) is 26.8 Å². The lowest BCUT2D eigenvalue weighted by atomic mass is 9.89. The van der Waals surface area contributed by atoms with Gasteiger partial charge < -0.3 is 10.4 Å². The van der Waals surface area contributed by atoms with Crippen LogP contribution >= 0.6 is 11.3 Å². The van der Waals surface area contributed by atoms with Crippen molar-refractivity contribution < 1.29 is 9.90 Å². The number of carbonyl (C=O) groups excluding carboxylic acids is 1. The molecule has 3 nitrogen and oxygen atoms in total. The summed E-state index contributed by atoms with van der Waals surface area (Å²) in [5.41, 5.74) is 0.0844. The summed E-state index contributed by atoms with van der Waals surface area (Å²) in [7, 11) is 0. The Labute approximate surface area is 113 Å². The zero-order valence-corrected chi connectivity index (χ0v) is 12.2. The highest BCUT2D eigenvalue weighted by Gasteiger charge is 2.17. The predicted molar refractivity (Wildman–Crippen MR) is 75.7 cm³/mol. The van der Waals surface area contributed by atoms with Crippen LogP contribution in [-0.2, 0) is 11.2 Å². The number of hydrogen-bond acceptors (Lipinski definition) is 3. The van der Waals surface area contributed by atoms with E-state index in [0.29, 0.717) is 19.4 Å². The summed E-state index contributed by atoms with van der Waals surface area (Å²) >= 11 is 1.67. The molecule has 1 aromatic heterocycles. The van der Waals surface area contributed by atoms with Crippen LogP contribution in [0.4, 0.5) is 0 Å². The summed E-state index contributed by atoms with van der Waals surface area (Å²) < 4.78 is 0. The third-order valence-corrected chi connectivity index (χ3v) is 3.50. The highest BCUT2D eigenvalue weighted by Crippen LogP contribution is 2.20. The van der Waals surface area contributed by atoms with E-state index in [1.807, 2.05) is 17.5 Å². The fourth-order valence-corrected chi connectivity index (χ4v) is 2.50. The summed E-state index contributed by atoms with van der Waals surface area (Å²) in [4.78, 5) is 12.8. The number of hydrogen-bond donors (Lipinski definition) is 2. The third kappa shape index (κ3) is 6.77. The Bertz CT molecular complexity index is 354. The second kappa shape index (κ2) is 6.90. The molecule has 0 saturated heterocycles. The van der Waals surface area contributed by atoms with E-state index in [2.05, 4.69) is 26.1 Å². The van der Waals surface area contributed by atoms with Gasteiger partial charge in [-0.3, -0.25) is 4.79 Å². The number of aliphatic hydroxyl groups is 1. The van der Waals surface area contributed by atoms with E-state index in [0.717, 1.165) is 6.42 Å². The van der Waals surface area contributed by atoms with E-state index < -0.39 is 6.10 Å². The predicted octanol–water partition coefficient (Wildman–Crippen LogP) is 2.59. The lowest BCUT2D eigenvalue weighted by molar-refractivity contribution is -0.121. The van der Waals surface area contributed by atoms with Gasteiger partial charge in [-0.15, -0.1) is 11.3 Å². The van der Waals surface area contributed by atoms with Crippen molar-refractivity contribution in [1.82, 2.24) is 5.32 Å². The number of amides is 1. The lowest BCUT2D eigenvalue weighted by Crippen LogP contribution is -2.34. The zero-order chi connectivity index (χ0) is 13.6. The Morgan fingerprint density at radius 3 is 2.78 bits per heavy atom. The van der Waals surface area contributed by atoms with Gasteiger partial charge in [0, 0.05) is 17.8 Å². The van der Waals surface area contributed by atoms with Crippen molar-refractivity contribution in [2.24, 2.45) is 5.41 Å². The van der Waals surface area contributed by atoms with Gasteiger partial charge in [0.1, 0.15) is 0 Å². The highest BCUT2D eigenvalue weighted by molar-refractivity contribution is 7.09. The molecule has 0 aliphatic rings. The molecule has 0 aromatic carbocycles. The molecule has 1 rings (SSSR count). The van der Waals surface area contributed by atoms with Crippen LogP contribution in [0.25, 0.3) is 0 Å². The standard InChI is InChI=1S/C14H23NO2S/c1-14(2,3)9-11(16)10-15-13(17)7-6-12-5-4-8-18-12/h4-5,8,11,16H,6-7,9-10H2,1-3H3,(H,15,17). The molecule has 4 heteroatoms. The van der Waals surface area contributed by atoms with Crippen LogP contribution in [0.3, 0.4) is 0 Å². The Kier molecular flexibility index (Phi) is 5.82. The molecule has 0 fully saturated rings. The minimum Gasteiger partial charge on any atom is -0.391 e. The first-order chi connectivity index (χ1) is 8.37. The number of nitrogens with one attached hydrogen (secondary N) is 1. The molecular weight excluding hydrogens is 246 g/mol. The molecule has 0 aliphatic heterocycles. The molecule has 1 heterocycles. The molecule has 0 spiro atoms.